The molecule has 6 heteroatoms. The average molecular weight is 285 g/mol. The predicted molar refractivity (Wildman–Crippen MR) is 78.8 cm³/mol. The Morgan fingerprint density at radius 3 is 2.62 bits per heavy atom. The van der Waals surface area contributed by atoms with Crippen molar-refractivity contribution in [2.24, 2.45) is 5.10 Å². The van der Waals surface area contributed by atoms with E-state index in [1.54, 1.807) is 49.8 Å². The van der Waals surface area contributed by atoms with Crippen LogP contribution >= 0.6 is 0 Å². The third-order valence-electron chi connectivity index (χ3n) is 2.74. The first-order valence-electron chi connectivity index (χ1n) is 6.20. The summed E-state index contributed by atoms with van der Waals surface area (Å²) >= 11 is 0. The molecule has 0 bridgehead atoms. The van der Waals surface area contributed by atoms with E-state index in [1.807, 2.05) is 0 Å². The normalized spacial score (nSPS) is 10.4. The van der Waals surface area contributed by atoms with Gasteiger partial charge in [0.15, 0.2) is 0 Å². The molecule has 0 radical (unpaired) electrons. The molecule has 0 fully saturated rings. The molecule has 108 valence electrons. The van der Waals surface area contributed by atoms with Gasteiger partial charge in [0.2, 0.25) is 0 Å². The lowest BCUT2D eigenvalue weighted by Crippen LogP contribution is -2.18. The molecule has 0 saturated heterocycles. The third-order valence-corrected chi connectivity index (χ3v) is 2.74. The summed E-state index contributed by atoms with van der Waals surface area (Å²) in [6.45, 7) is 0. The molecule has 1 aromatic carbocycles. The molecule has 21 heavy (non-hydrogen) atoms. The number of hydrazone groups is 1. The number of nitrogens with zero attached hydrogens (tertiary/aromatic N) is 2. The number of carbonyl (C=O) groups excluding carboxylic acids is 1. The Kier molecular flexibility index (Phi) is 4.87. The van der Waals surface area contributed by atoms with Crippen LogP contribution < -0.4 is 14.9 Å². The van der Waals surface area contributed by atoms with Crippen molar-refractivity contribution in [3.8, 4) is 11.5 Å². The molecule has 6 nitrogen and oxygen atoms in total. The topological polar surface area (TPSA) is 72.8 Å². The summed E-state index contributed by atoms with van der Waals surface area (Å²) in [5.74, 6) is 0.675. The van der Waals surface area contributed by atoms with Gasteiger partial charge in [-0.3, -0.25) is 9.78 Å². The van der Waals surface area contributed by atoms with Gasteiger partial charge in [0.1, 0.15) is 11.5 Å². The molecule has 0 unspecified atom stereocenters. The Morgan fingerprint density at radius 1 is 1.19 bits per heavy atom. The van der Waals surface area contributed by atoms with E-state index >= 15 is 0 Å². The lowest BCUT2D eigenvalue weighted by atomic mass is 10.2. The maximum Gasteiger partial charge on any atom is 0.275 e. The first-order chi connectivity index (χ1) is 10.2. The average Bonchev–Trinajstić information content (AvgIpc) is 2.55. The van der Waals surface area contributed by atoms with Crippen LogP contribution in [0.1, 0.15) is 15.9 Å². The highest BCUT2D eigenvalue weighted by Crippen LogP contribution is 2.24. The number of hydrogen-bond acceptors (Lipinski definition) is 5. The molecule has 1 N–H and O–H groups in total. The number of hydrogen-bond donors (Lipinski definition) is 1. The Morgan fingerprint density at radius 2 is 1.95 bits per heavy atom. The Bertz CT molecular complexity index is 642. The molecular weight excluding hydrogens is 270 g/mol. The van der Waals surface area contributed by atoms with Crippen LogP contribution in [-0.2, 0) is 0 Å². The highest BCUT2D eigenvalue weighted by atomic mass is 16.5. The third kappa shape index (κ3) is 3.79. The zero-order valence-electron chi connectivity index (χ0n) is 11.7. The summed E-state index contributed by atoms with van der Waals surface area (Å²) in [7, 11) is 3.04. The number of carbonyl (C=O) groups is 1. The number of pyridine rings is 1. The summed E-state index contributed by atoms with van der Waals surface area (Å²) in [5, 5.41) is 3.90. The molecule has 0 aliphatic carbocycles. The molecule has 1 amide bonds. The number of methoxy groups -OCH3 is 2. The summed E-state index contributed by atoms with van der Waals surface area (Å²) in [5.41, 5.74) is 3.67. The molecule has 1 aromatic heterocycles. The standard InChI is InChI=1S/C15H15N3O3/c1-20-12-3-4-13(14(9-12)21-2)15(19)18-17-10-11-5-7-16-8-6-11/h3-10H,1-2H3,(H,18,19)/b17-10-. The number of benzene rings is 1. The highest BCUT2D eigenvalue weighted by Gasteiger charge is 2.12. The maximum atomic E-state index is 12.1. The first-order valence-corrected chi connectivity index (χ1v) is 6.20. The van der Waals surface area contributed by atoms with Crippen molar-refractivity contribution < 1.29 is 14.3 Å². The molecule has 0 aliphatic heterocycles. The molecule has 2 rings (SSSR count). The van der Waals surface area contributed by atoms with E-state index in [1.165, 1.54) is 13.3 Å². The van der Waals surface area contributed by atoms with E-state index in [9.17, 15) is 4.79 Å². The lowest BCUT2D eigenvalue weighted by Gasteiger charge is -2.08. The zero-order valence-corrected chi connectivity index (χ0v) is 11.7. The van der Waals surface area contributed by atoms with E-state index in [4.69, 9.17) is 9.47 Å². The molecule has 0 saturated carbocycles. The van der Waals surface area contributed by atoms with E-state index in [2.05, 4.69) is 15.5 Å². The van der Waals surface area contributed by atoms with E-state index in [-0.39, 0.29) is 5.91 Å². The summed E-state index contributed by atoms with van der Waals surface area (Å²) < 4.78 is 10.3. The van der Waals surface area contributed by atoms with Gasteiger partial charge < -0.3 is 9.47 Å². The largest absolute Gasteiger partial charge is 0.497 e. The molecule has 0 atom stereocenters. The zero-order chi connectivity index (χ0) is 15.1. The second-order valence-electron chi connectivity index (χ2n) is 4.05. The molecule has 1 heterocycles. The van der Waals surface area contributed by atoms with E-state index in [0.717, 1.165) is 5.56 Å². The van der Waals surface area contributed by atoms with Gasteiger partial charge in [-0.05, 0) is 29.8 Å². The molecule has 0 spiro atoms. The lowest BCUT2D eigenvalue weighted by molar-refractivity contribution is 0.0952. The van der Waals surface area contributed by atoms with Crippen LogP contribution in [0.3, 0.4) is 0 Å². The quantitative estimate of drug-likeness (QED) is 0.672. The summed E-state index contributed by atoms with van der Waals surface area (Å²) in [6.07, 6.45) is 4.83. The Balaban J connectivity index is 2.08. The van der Waals surface area contributed by atoms with Gasteiger partial charge >= 0.3 is 0 Å². The SMILES string of the molecule is COc1ccc(C(=O)N/N=C\c2ccncc2)c(OC)c1. The second-order valence-corrected chi connectivity index (χ2v) is 4.05. The molecule has 0 aliphatic rings. The van der Waals surface area contributed by atoms with Crippen molar-refractivity contribution in [2.45, 2.75) is 0 Å². The second kappa shape index (κ2) is 7.04. The van der Waals surface area contributed by atoms with Gasteiger partial charge in [-0.15, -0.1) is 0 Å². The summed E-state index contributed by atoms with van der Waals surface area (Å²) in [4.78, 5) is 16.0. The van der Waals surface area contributed by atoms with Gasteiger partial charge in [-0.1, -0.05) is 0 Å². The van der Waals surface area contributed by atoms with Crippen molar-refractivity contribution >= 4 is 12.1 Å². The Hall–Kier alpha value is -2.89. The van der Waals surface area contributed by atoms with Crippen molar-refractivity contribution in [3.05, 3.63) is 53.9 Å². The van der Waals surface area contributed by atoms with Crippen molar-refractivity contribution in [1.82, 2.24) is 10.4 Å². The minimum absolute atomic E-state index is 0.361. The van der Waals surface area contributed by atoms with Crippen LogP contribution in [0, 0.1) is 0 Å². The highest BCUT2D eigenvalue weighted by molar-refractivity contribution is 5.97. The minimum Gasteiger partial charge on any atom is -0.497 e. The molecular formula is C15H15N3O3. The predicted octanol–water partition coefficient (Wildman–Crippen LogP) is 1.86. The number of rotatable bonds is 5. The van der Waals surface area contributed by atoms with Crippen LogP contribution in [-0.4, -0.2) is 31.3 Å². The number of amides is 1. The van der Waals surface area contributed by atoms with Gasteiger partial charge in [-0.25, -0.2) is 5.43 Å². The van der Waals surface area contributed by atoms with Gasteiger partial charge in [0.25, 0.3) is 5.91 Å². The van der Waals surface area contributed by atoms with Crippen LogP contribution in [0.15, 0.2) is 47.8 Å². The van der Waals surface area contributed by atoms with Gasteiger partial charge in [0.05, 0.1) is 26.0 Å². The number of nitrogens with one attached hydrogen (secondary N) is 1. The fraction of sp³-hybridized carbons (Fsp3) is 0.133. The van der Waals surface area contributed by atoms with Gasteiger partial charge in [-0.2, -0.15) is 5.10 Å². The smallest absolute Gasteiger partial charge is 0.275 e. The molecule has 2 aromatic rings. The van der Waals surface area contributed by atoms with E-state index < -0.39 is 0 Å². The van der Waals surface area contributed by atoms with Gasteiger partial charge in [0, 0.05) is 18.5 Å². The summed E-state index contributed by atoms with van der Waals surface area (Å²) in [6, 6.07) is 8.51. The van der Waals surface area contributed by atoms with Crippen molar-refractivity contribution in [2.75, 3.05) is 14.2 Å². The number of aromatic nitrogens is 1. The fourth-order valence-electron chi connectivity index (χ4n) is 1.66. The van der Waals surface area contributed by atoms with Crippen LogP contribution in [0.25, 0.3) is 0 Å². The fourth-order valence-corrected chi connectivity index (χ4v) is 1.66. The van der Waals surface area contributed by atoms with Crippen LogP contribution in [0.4, 0.5) is 0 Å². The minimum atomic E-state index is -0.361. The number of ether oxygens (including phenoxy) is 2. The van der Waals surface area contributed by atoms with Crippen molar-refractivity contribution in [3.63, 3.8) is 0 Å². The first kappa shape index (κ1) is 14.5. The van der Waals surface area contributed by atoms with Crippen LogP contribution in [0.2, 0.25) is 0 Å². The van der Waals surface area contributed by atoms with E-state index in [0.29, 0.717) is 17.1 Å². The Labute approximate surface area is 122 Å². The van der Waals surface area contributed by atoms with Crippen molar-refractivity contribution in [1.29, 1.82) is 0 Å². The monoisotopic (exact) mass is 285 g/mol. The van der Waals surface area contributed by atoms with Crippen LogP contribution in [0.5, 0.6) is 11.5 Å². The maximum absolute atomic E-state index is 12.1.